The van der Waals surface area contributed by atoms with Crippen LogP contribution in [0.5, 0.6) is 0 Å². The highest BCUT2D eigenvalue weighted by molar-refractivity contribution is 5.75. The monoisotopic (exact) mass is 221 g/mol. The Morgan fingerprint density at radius 3 is 2.56 bits per heavy atom. The number of amides is 1. The van der Waals surface area contributed by atoms with Crippen molar-refractivity contribution in [2.45, 2.75) is 32.4 Å². The molecule has 88 valence electrons. The number of aliphatic hydroxyl groups is 1. The maximum Gasteiger partial charge on any atom is 0.222 e. The zero-order chi connectivity index (χ0) is 12.0. The van der Waals surface area contributed by atoms with Crippen molar-refractivity contribution in [1.82, 2.24) is 4.90 Å². The third kappa shape index (κ3) is 4.45. The Kier molecular flexibility index (Phi) is 4.99. The van der Waals surface area contributed by atoms with Crippen LogP contribution in [0.4, 0.5) is 0 Å². The quantitative estimate of drug-likeness (QED) is 0.823. The molecule has 0 aromatic heterocycles. The van der Waals surface area contributed by atoms with Gasteiger partial charge in [-0.25, -0.2) is 0 Å². The molecule has 16 heavy (non-hydrogen) atoms. The molecule has 3 nitrogen and oxygen atoms in total. The molecule has 1 rings (SSSR count). The standard InChI is InChI=1S/C13H19NO2/c1-11(15)8-9-13(16)14(2)10-12-6-4-3-5-7-12/h3-7,11,15H,8-10H2,1-2H3. The zero-order valence-corrected chi connectivity index (χ0v) is 9.89. The van der Waals surface area contributed by atoms with E-state index in [4.69, 9.17) is 5.11 Å². The van der Waals surface area contributed by atoms with Crippen LogP contribution < -0.4 is 0 Å². The SMILES string of the molecule is CC(O)CCC(=O)N(C)Cc1ccccc1. The van der Waals surface area contributed by atoms with Crippen LogP contribution in [0.25, 0.3) is 0 Å². The molecule has 1 aromatic carbocycles. The molecule has 0 saturated carbocycles. The molecule has 0 saturated heterocycles. The normalized spacial score (nSPS) is 12.2. The van der Waals surface area contributed by atoms with E-state index < -0.39 is 6.10 Å². The maximum absolute atomic E-state index is 11.7. The summed E-state index contributed by atoms with van der Waals surface area (Å²) in [5.74, 6) is 0.0738. The summed E-state index contributed by atoms with van der Waals surface area (Å²) < 4.78 is 0. The lowest BCUT2D eigenvalue weighted by Crippen LogP contribution is -2.26. The smallest absolute Gasteiger partial charge is 0.222 e. The Morgan fingerprint density at radius 1 is 1.38 bits per heavy atom. The molecule has 1 aromatic rings. The van der Waals surface area contributed by atoms with Gasteiger partial charge in [0.2, 0.25) is 5.91 Å². The first-order chi connectivity index (χ1) is 7.59. The van der Waals surface area contributed by atoms with Crippen LogP contribution in [-0.2, 0) is 11.3 Å². The molecule has 0 spiro atoms. The lowest BCUT2D eigenvalue weighted by molar-refractivity contribution is -0.131. The van der Waals surface area contributed by atoms with Gasteiger partial charge in [-0.2, -0.15) is 0 Å². The number of hydrogen-bond acceptors (Lipinski definition) is 2. The van der Waals surface area contributed by atoms with Gasteiger partial charge in [0.25, 0.3) is 0 Å². The number of nitrogens with zero attached hydrogens (tertiary/aromatic N) is 1. The molecule has 0 aliphatic rings. The number of carbonyl (C=O) groups excluding carboxylic acids is 1. The van der Waals surface area contributed by atoms with E-state index in [-0.39, 0.29) is 5.91 Å². The van der Waals surface area contributed by atoms with Crippen molar-refractivity contribution < 1.29 is 9.90 Å². The molecule has 0 heterocycles. The van der Waals surface area contributed by atoms with Crippen LogP contribution in [0, 0.1) is 0 Å². The summed E-state index contributed by atoms with van der Waals surface area (Å²) in [5.41, 5.74) is 1.12. The van der Waals surface area contributed by atoms with Gasteiger partial charge in [-0.05, 0) is 18.9 Å². The minimum absolute atomic E-state index is 0.0738. The fraction of sp³-hybridized carbons (Fsp3) is 0.462. The Morgan fingerprint density at radius 2 is 2.00 bits per heavy atom. The Hall–Kier alpha value is -1.35. The van der Waals surface area contributed by atoms with Gasteiger partial charge in [-0.1, -0.05) is 30.3 Å². The summed E-state index contributed by atoms with van der Waals surface area (Å²) in [6.07, 6.45) is 0.521. The van der Waals surface area contributed by atoms with Crippen molar-refractivity contribution in [1.29, 1.82) is 0 Å². The average molecular weight is 221 g/mol. The molecule has 0 radical (unpaired) electrons. The van der Waals surface area contributed by atoms with E-state index in [2.05, 4.69) is 0 Å². The Bertz CT molecular complexity index is 322. The summed E-state index contributed by atoms with van der Waals surface area (Å²) in [4.78, 5) is 13.4. The summed E-state index contributed by atoms with van der Waals surface area (Å²) >= 11 is 0. The van der Waals surface area contributed by atoms with Crippen LogP contribution in [0.1, 0.15) is 25.3 Å². The van der Waals surface area contributed by atoms with E-state index in [0.29, 0.717) is 19.4 Å². The van der Waals surface area contributed by atoms with Crippen molar-refractivity contribution in [2.75, 3.05) is 7.05 Å². The van der Waals surface area contributed by atoms with E-state index >= 15 is 0 Å². The van der Waals surface area contributed by atoms with Crippen LogP contribution in [-0.4, -0.2) is 29.1 Å². The zero-order valence-electron chi connectivity index (χ0n) is 9.89. The van der Waals surface area contributed by atoms with Gasteiger partial charge in [-0.3, -0.25) is 4.79 Å². The Balaban J connectivity index is 2.40. The number of benzene rings is 1. The third-order valence-electron chi connectivity index (χ3n) is 2.46. The predicted octanol–water partition coefficient (Wildman–Crippen LogP) is 1.81. The molecule has 1 N–H and O–H groups in total. The second kappa shape index (κ2) is 6.28. The van der Waals surface area contributed by atoms with Gasteiger partial charge in [0.15, 0.2) is 0 Å². The van der Waals surface area contributed by atoms with Gasteiger partial charge in [0, 0.05) is 20.0 Å². The molecular formula is C13H19NO2. The summed E-state index contributed by atoms with van der Waals surface area (Å²) in [7, 11) is 1.79. The molecule has 3 heteroatoms. The molecule has 0 fully saturated rings. The highest BCUT2D eigenvalue weighted by Crippen LogP contribution is 2.05. The van der Waals surface area contributed by atoms with Crippen molar-refractivity contribution in [3.8, 4) is 0 Å². The fourth-order valence-corrected chi connectivity index (χ4v) is 1.47. The molecule has 0 aliphatic heterocycles. The predicted molar refractivity (Wildman–Crippen MR) is 63.8 cm³/mol. The molecule has 1 amide bonds. The third-order valence-corrected chi connectivity index (χ3v) is 2.46. The molecule has 0 aliphatic carbocycles. The van der Waals surface area contributed by atoms with Gasteiger partial charge < -0.3 is 10.0 Å². The Labute approximate surface area is 96.7 Å². The first-order valence-corrected chi connectivity index (χ1v) is 5.55. The van der Waals surface area contributed by atoms with Crippen molar-refractivity contribution in [3.63, 3.8) is 0 Å². The van der Waals surface area contributed by atoms with E-state index in [1.54, 1.807) is 18.9 Å². The highest BCUT2D eigenvalue weighted by atomic mass is 16.3. The van der Waals surface area contributed by atoms with E-state index in [9.17, 15) is 4.79 Å². The minimum Gasteiger partial charge on any atom is -0.393 e. The minimum atomic E-state index is -0.408. The van der Waals surface area contributed by atoms with E-state index in [1.165, 1.54) is 0 Å². The highest BCUT2D eigenvalue weighted by Gasteiger charge is 2.09. The maximum atomic E-state index is 11.7. The van der Waals surface area contributed by atoms with Crippen LogP contribution in [0.3, 0.4) is 0 Å². The topological polar surface area (TPSA) is 40.5 Å². The summed E-state index contributed by atoms with van der Waals surface area (Å²) in [6.45, 7) is 2.32. The lowest BCUT2D eigenvalue weighted by atomic mass is 10.2. The number of carbonyl (C=O) groups is 1. The fourth-order valence-electron chi connectivity index (χ4n) is 1.47. The summed E-state index contributed by atoms with van der Waals surface area (Å²) in [6, 6.07) is 9.88. The lowest BCUT2D eigenvalue weighted by Gasteiger charge is -2.17. The largest absolute Gasteiger partial charge is 0.393 e. The molecule has 1 unspecified atom stereocenters. The van der Waals surface area contributed by atoms with Gasteiger partial charge in [0.05, 0.1) is 6.10 Å². The second-order valence-electron chi connectivity index (χ2n) is 4.12. The number of rotatable bonds is 5. The average Bonchev–Trinajstić information content (AvgIpc) is 2.27. The number of aliphatic hydroxyl groups excluding tert-OH is 1. The molecule has 1 atom stereocenters. The number of hydrogen-bond donors (Lipinski definition) is 1. The van der Waals surface area contributed by atoms with Crippen LogP contribution >= 0.6 is 0 Å². The van der Waals surface area contributed by atoms with E-state index in [0.717, 1.165) is 5.56 Å². The first-order valence-electron chi connectivity index (χ1n) is 5.55. The molecule has 0 bridgehead atoms. The van der Waals surface area contributed by atoms with Crippen LogP contribution in [0.2, 0.25) is 0 Å². The molecular weight excluding hydrogens is 202 g/mol. The summed E-state index contributed by atoms with van der Waals surface area (Å²) in [5, 5.41) is 9.10. The van der Waals surface area contributed by atoms with Crippen molar-refractivity contribution in [2.24, 2.45) is 0 Å². The van der Waals surface area contributed by atoms with Gasteiger partial charge in [-0.15, -0.1) is 0 Å². The van der Waals surface area contributed by atoms with Gasteiger partial charge in [0.1, 0.15) is 0 Å². The first kappa shape index (κ1) is 12.7. The van der Waals surface area contributed by atoms with E-state index in [1.807, 2.05) is 30.3 Å². The second-order valence-corrected chi connectivity index (χ2v) is 4.12. The van der Waals surface area contributed by atoms with Crippen molar-refractivity contribution in [3.05, 3.63) is 35.9 Å². The van der Waals surface area contributed by atoms with Gasteiger partial charge >= 0.3 is 0 Å². The van der Waals surface area contributed by atoms with Crippen LogP contribution in [0.15, 0.2) is 30.3 Å². The van der Waals surface area contributed by atoms with Crippen molar-refractivity contribution >= 4 is 5.91 Å².